The summed E-state index contributed by atoms with van der Waals surface area (Å²) in [5.41, 5.74) is 0.00593. The van der Waals surface area contributed by atoms with Crippen LogP contribution in [0.25, 0.3) is 0 Å². The van der Waals surface area contributed by atoms with E-state index in [9.17, 15) is 17.6 Å². The molecule has 92 valence electrons. The van der Waals surface area contributed by atoms with Crippen molar-refractivity contribution in [2.45, 2.75) is 24.7 Å². The van der Waals surface area contributed by atoms with Gasteiger partial charge in [0.15, 0.2) is 23.3 Å². The molecule has 0 spiro atoms. The number of hydrogen-bond donors (Lipinski definition) is 0. The predicted octanol–water partition coefficient (Wildman–Crippen LogP) is 3.67. The first-order chi connectivity index (χ1) is 8.56. The molecule has 2 bridgehead atoms. The molecule has 18 heavy (non-hydrogen) atoms. The molecule has 2 atom stereocenters. The molecule has 1 aromatic carbocycles. The highest BCUT2D eigenvalue weighted by molar-refractivity contribution is 5.53. The van der Waals surface area contributed by atoms with Crippen molar-refractivity contribution in [2.75, 3.05) is 0 Å². The molecule has 0 saturated carbocycles. The van der Waals surface area contributed by atoms with Crippen LogP contribution in [-0.2, 0) is 0 Å². The summed E-state index contributed by atoms with van der Waals surface area (Å²) in [5.74, 6) is -7.45. The fraction of sp³-hybridized carbons (Fsp3) is 0.308. The Bertz CT molecular complexity index is 627. The first kappa shape index (κ1) is 11.3. The van der Waals surface area contributed by atoms with Crippen molar-refractivity contribution in [1.82, 2.24) is 0 Å². The number of rotatable bonds is 0. The van der Waals surface area contributed by atoms with E-state index in [-0.39, 0.29) is 11.1 Å². The first-order valence-electron chi connectivity index (χ1n) is 5.53. The van der Waals surface area contributed by atoms with Crippen LogP contribution in [0.2, 0.25) is 0 Å². The number of fused-ring (bicyclic) bond motifs is 1. The molecule has 5 heteroatoms. The second-order valence-electron chi connectivity index (χ2n) is 4.55. The fourth-order valence-electron chi connectivity index (χ4n) is 2.93. The van der Waals surface area contributed by atoms with Crippen LogP contribution in [0, 0.1) is 34.6 Å². The minimum Gasteiger partial charge on any atom is -0.203 e. The van der Waals surface area contributed by atoms with Crippen molar-refractivity contribution >= 4 is 0 Å². The molecule has 0 unspecified atom stereocenters. The summed E-state index contributed by atoms with van der Waals surface area (Å²) in [6.07, 6.45) is 2.50. The van der Waals surface area contributed by atoms with E-state index in [1.54, 1.807) is 0 Å². The topological polar surface area (TPSA) is 23.8 Å². The third-order valence-corrected chi connectivity index (χ3v) is 3.71. The summed E-state index contributed by atoms with van der Waals surface area (Å²) in [6.45, 7) is 0. The molecule has 0 heterocycles. The lowest BCUT2D eigenvalue weighted by molar-refractivity contribution is 0.376. The third kappa shape index (κ3) is 1.20. The van der Waals surface area contributed by atoms with Gasteiger partial charge in [-0.1, -0.05) is 6.08 Å². The minimum absolute atomic E-state index is 0.123. The third-order valence-electron chi connectivity index (χ3n) is 3.71. The van der Waals surface area contributed by atoms with Crippen LogP contribution in [0.1, 0.15) is 35.8 Å². The van der Waals surface area contributed by atoms with E-state index in [0.717, 1.165) is 0 Å². The molecule has 0 aliphatic heterocycles. The maximum atomic E-state index is 13.8. The molecule has 1 nitrogen and oxygen atoms in total. The highest BCUT2D eigenvalue weighted by Gasteiger charge is 2.41. The van der Waals surface area contributed by atoms with Gasteiger partial charge in [-0.2, -0.15) is 5.26 Å². The smallest absolute Gasteiger partial charge is 0.197 e. The molecule has 3 aliphatic carbocycles. The van der Waals surface area contributed by atoms with Gasteiger partial charge in [0.2, 0.25) is 0 Å². The van der Waals surface area contributed by atoms with Gasteiger partial charge in [-0.15, -0.1) is 0 Å². The summed E-state index contributed by atoms with van der Waals surface area (Å²) in [4.78, 5) is 0. The summed E-state index contributed by atoms with van der Waals surface area (Å²) in [5, 5.41) is 8.92. The highest BCUT2D eigenvalue weighted by Crippen LogP contribution is 2.51. The van der Waals surface area contributed by atoms with Gasteiger partial charge in [-0.3, -0.25) is 0 Å². The SMILES string of the molecule is N#CC1=C[C@H]2CC[C@H]1c1c(F)c(F)c(F)c(F)c12. The molecule has 0 amide bonds. The number of hydrogen-bond acceptors (Lipinski definition) is 1. The van der Waals surface area contributed by atoms with E-state index >= 15 is 0 Å². The lowest BCUT2D eigenvalue weighted by Crippen LogP contribution is -2.25. The van der Waals surface area contributed by atoms with E-state index in [2.05, 4.69) is 0 Å². The highest BCUT2D eigenvalue weighted by atomic mass is 19.2. The van der Waals surface area contributed by atoms with E-state index in [0.29, 0.717) is 18.4 Å². The Kier molecular flexibility index (Phi) is 2.24. The summed E-state index contributed by atoms with van der Waals surface area (Å²) in [7, 11) is 0. The Morgan fingerprint density at radius 2 is 1.56 bits per heavy atom. The zero-order valence-corrected chi connectivity index (χ0v) is 9.11. The van der Waals surface area contributed by atoms with Gasteiger partial charge in [0, 0.05) is 28.5 Å². The Balaban J connectivity index is 2.36. The maximum absolute atomic E-state index is 13.8. The van der Waals surface area contributed by atoms with E-state index in [1.165, 1.54) is 6.08 Å². The molecule has 3 aliphatic rings. The van der Waals surface area contributed by atoms with E-state index < -0.39 is 35.1 Å². The first-order valence-corrected chi connectivity index (χ1v) is 5.53. The van der Waals surface area contributed by atoms with Crippen molar-refractivity contribution < 1.29 is 17.6 Å². The monoisotopic (exact) mass is 253 g/mol. The van der Waals surface area contributed by atoms with Crippen LogP contribution in [0.5, 0.6) is 0 Å². The van der Waals surface area contributed by atoms with Crippen molar-refractivity contribution in [3.63, 3.8) is 0 Å². The van der Waals surface area contributed by atoms with Gasteiger partial charge in [0.25, 0.3) is 0 Å². The van der Waals surface area contributed by atoms with Crippen molar-refractivity contribution in [1.29, 1.82) is 5.26 Å². The van der Waals surface area contributed by atoms with Crippen LogP contribution >= 0.6 is 0 Å². The summed E-state index contributed by atoms with van der Waals surface area (Å²) in [6, 6.07) is 1.91. The van der Waals surface area contributed by atoms with Crippen molar-refractivity contribution in [3.05, 3.63) is 46.0 Å². The minimum atomic E-state index is -1.80. The van der Waals surface area contributed by atoms with Gasteiger partial charge < -0.3 is 0 Å². The average molecular weight is 253 g/mol. The van der Waals surface area contributed by atoms with Gasteiger partial charge >= 0.3 is 0 Å². The average Bonchev–Trinajstić information content (AvgIpc) is 2.42. The molecular formula is C13H7F4N. The Hall–Kier alpha value is -1.83. The lowest BCUT2D eigenvalue weighted by Gasteiger charge is -2.36. The molecule has 0 radical (unpaired) electrons. The lowest BCUT2D eigenvalue weighted by atomic mass is 9.67. The van der Waals surface area contributed by atoms with Crippen LogP contribution in [0.15, 0.2) is 11.6 Å². The standard InChI is InChI=1S/C13H7F4N/c14-10-8-5-1-2-7(6(3-5)4-18)9(8)11(15)13(17)12(10)16/h3,5,7H,1-2H2/t5-,7-/m1/s1. The molecule has 0 saturated heterocycles. The number of nitrogens with zero attached hydrogens (tertiary/aromatic N) is 1. The maximum Gasteiger partial charge on any atom is 0.197 e. The number of nitriles is 1. The summed E-state index contributed by atoms with van der Waals surface area (Å²) >= 11 is 0. The van der Waals surface area contributed by atoms with Gasteiger partial charge in [-0.05, 0) is 12.8 Å². The van der Waals surface area contributed by atoms with Crippen LogP contribution < -0.4 is 0 Å². The quantitative estimate of drug-likeness (QED) is 0.393. The zero-order valence-electron chi connectivity index (χ0n) is 9.11. The van der Waals surface area contributed by atoms with Crippen LogP contribution in [0.4, 0.5) is 17.6 Å². The second-order valence-corrected chi connectivity index (χ2v) is 4.55. The molecule has 0 fully saturated rings. The predicted molar refractivity (Wildman–Crippen MR) is 54.7 cm³/mol. The normalized spacial score (nSPS) is 24.5. The second kappa shape index (κ2) is 3.58. The molecule has 1 aromatic rings. The van der Waals surface area contributed by atoms with E-state index in [4.69, 9.17) is 5.26 Å². The van der Waals surface area contributed by atoms with Crippen molar-refractivity contribution in [3.8, 4) is 6.07 Å². The molecule has 0 aromatic heterocycles. The van der Waals surface area contributed by atoms with Crippen LogP contribution in [-0.4, -0.2) is 0 Å². The molecule has 0 N–H and O–H groups in total. The van der Waals surface area contributed by atoms with Gasteiger partial charge in [0.1, 0.15) is 0 Å². The molecule has 4 rings (SSSR count). The molecular weight excluding hydrogens is 246 g/mol. The number of halogens is 4. The Labute approximate surface area is 100 Å². The Morgan fingerprint density at radius 3 is 2.17 bits per heavy atom. The largest absolute Gasteiger partial charge is 0.203 e. The van der Waals surface area contributed by atoms with Crippen LogP contribution in [0.3, 0.4) is 0 Å². The van der Waals surface area contributed by atoms with E-state index in [1.807, 2.05) is 6.07 Å². The number of benzene rings is 1. The van der Waals surface area contributed by atoms with Gasteiger partial charge in [-0.25, -0.2) is 17.6 Å². The van der Waals surface area contributed by atoms with Gasteiger partial charge in [0.05, 0.1) is 6.07 Å². The fourth-order valence-corrected chi connectivity index (χ4v) is 2.93. The zero-order chi connectivity index (χ0) is 13.0. The Morgan fingerprint density at radius 1 is 0.944 bits per heavy atom. The summed E-state index contributed by atoms with van der Waals surface area (Å²) < 4.78 is 53.9. The number of allylic oxidation sites excluding steroid dienone is 2. The van der Waals surface area contributed by atoms with Crippen molar-refractivity contribution in [2.24, 2.45) is 0 Å².